The van der Waals surface area contributed by atoms with E-state index in [1.165, 1.54) is 25.9 Å². The molecule has 112 valence electrons. The lowest BCUT2D eigenvalue weighted by molar-refractivity contribution is 0.107. The Morgan fingerprint density at radius 2 is 2.20 bits per heavy atom. The minimum atomic E-state index is 0.357. The zero-order chi connectivity index (χ0) is 13.9. The van der Waals surface area contributed by atoms with Gasteiger partial charge in [-0.1, -0.05) is 5.16 Å². The Morgan fingerprint density at radius 1 is 1.40 bits per heavy atom. The van der Waals surface area contributed by atoms with Crippen LogP contribution in [-0.2, 0) is 11.3 Å². The normalized spacial score (nSPS) is 28.5. The molecule has 2 aliphatic rings. The van der Waals surface area contributed by atoms with Crippen molar-refractivity contribution < 1.29 is 9.26 Å². The van der Waals surface area contributed by atoms with Crippen molar-refractivity contribution in [2.75, 3.05) is 33.3 Å². The summed E-state index contributed by atoms with van der Waals surface area (Å²) in [4.78, 5) is 5.09. The Kier molecular flexibility index (Phi) is 4.38. The van der Waals surface area contributed by atoms with Crippen molar-refractivity contribution in [2.24, 2.45) is 0 Å². The third-order valence-electron chi connectivity index (χ3n) is 4.53. The Balaban J connectivity index is 1.62. The van der Waals surface area contributed by atoms with E-state index in [0.29, 0.717) is 12.1 Å². The Labute approximate surface area is 120 Å². The van der Waals surface area contributed by atoms with Crippen molar-refractivity contribution in [1.82, 2.24) is 15.0 Å². The van der Waals surface area contributed by atoms with Gasteiger partial charge in [0.1, 0.15) is 5.76 Å². The second-order valence-electron chi connectivity index (χ2n) is 6.11. The van der Waals surface area contributed by atoms with E-state index in [-0.39, 0.29) is 0 Å². The molecule has 2 saturated heterocycles. The van der Waals surface area contributed by atoms with Gasteiger partial charge in [0.05, 0.1) is 11.8 Å². The predicted octanol–water partition coefficient (Wildman–Crippen LogP) is 1.67. The molecule has 0 N–H and O–H groups in total. The Morgan fingerprint density at radius 3 is 2.85 bits per heavy atom. The first kappa shape index (κ1) is 14.0. The van der Waals surface area contributed by atoms with Gasteiger partial charge in [0, 0.05) is 38.9 Å². The summed E-state index contributed by atoms with van der Waals surface area (Å²) in [5, 5.41) is 4.13. The lowest BCUT2D eigenvalue weighted by Crippen LogP contribution is -2.39. The van der Waals surface area contributed by atoms with Crippen LogP contribution in [0.4, 0.5) is 0 Å². The van der Waals surface area contributed by atoms with Crippen LogP contribution in [0, 0.1) is 6.92 Å². The number of rotatable bonds is 5. The topological polar surface area (TPSA) is 41.7 Å². The van der Waals surface area contributed by atoms with E-state index in [0.717, 1.165) is 37.5 Å². The van der Waals surface area contributed by atoms with Crippen LogP contribution in [0.3, 0.4) is 0 Å². The molecule has 3 rings (SSSR count). The molecule has 2 atom stereocenters. The van der Waals surface area contributed by atoms with Gasteiger partial charge in [-0.3, -0.25) is 4.90 Å². The molecule has 0 spiro atoms. The molecule has 0 unspecified atom stereocenters. The zero-order valence-electron chi connectivity index (χ0n) is 12.5. The second kappa shape index (κ2) is 6.24. The molecular formula is C15H25N3O2. The zero-order valence-corrected chi connectivity index (χ0v) is 12.5. The van der Waals surface area contributed by atoms with Crippen molar-refractivity contribution in [3.63, 3.8) is 0 Å². The largest absolute Gasteiger partial charge is 0.380 e. The van der Waals surface area contributed by atoms with Gasteiger partial charge in [-0.05, 0) is 39.3 Å². The monoisotopic (exact) mass is 279 g/mol. The van der Waals surface area contributed by atoms with E-state index >= 15 is 0 Å². The standard InChI is InChI=1S/C15H25N3O2/c1-12-7-13(16-20-12)9-18-11-15(19-2)8-14(18)10-17-5-3-4-6-17/h7,14-15H,3-6,8-11H2,1-2H3/t14-,15-/m0/s1. The van der Waals surface area contributed by atoms with Gasteiger partial charge >= 0.3 is 0 Å². The Hall–Kier alpha value is -0.910. The number of likely N-dealkylation sites (tertiary alicyclic amines) is 2. The number of hydrogen-bond acceptors (Lipinski definition) is 5. The van der Waals surface area contributed by atoms with Gasteiger partial charge in [-0.15, -0.1) is 0 Å². The average Bonchev–Trinajstić information content (AvgIpc) is 3.14. The molecule has 2 fully saturated rings. The van der Waals surface area contributed by atoms with E-state index in [1.807, 2.05) is 20.1 Å². The van der Waals surface area contributed by atoms with Gasteiger partial charge < -0.3 is 14.2 Å². The summed E-state index contributed by atoms with van der Waals surface area (Å²) >= 11 is 0. The summed E-state index contributed by atoms with van der Waals surface area (Å²) < 4.78 is 10.8. The molecule has 1 aromatic rings. The molecule has 0 aliphatic carbocycles. The molecule has 0 radical (unpaired) electrons. The second-order valence-corrected chi connectivity index (χ2v) is 6.11. The maximum Gasteiger partial charge on any atom is 0.133 e. The maximum atomic E-state index is 5.57. The maximum absolute atomic E-state index is 5.57. The molecule has 5 heteroatoms. The van der Waals surface area contributed by atoms with Crippen LogP contribution in [0.1, 0.15) is 30.7 Å². The Bertz CT molecular complexity index is 429. The average molecular weight is 279 g/mol. The molecule has 1 aromatic heterocycles. The first-order chi connectivity index (χ1) is 9.74. The van der Waals surface area contributed by atoms with Crippen LogP contribution in [-0.4, -0.2) is 60.4 Å². The first-order valence-electron chi connectivity index (χ1n) is 7.66. The highest BCUT2D eigenvalue weighted by molar-refractivity contribution is 5.04. The van der Waals surface area contributed by atoms with Crippen LogP contribution in [0.2, 0.25) is 0 Å². The smallest absolute Gasteiger partial charge is 0.133 e. The fourth-order valence-electron chi connectivity index (χ4n) is 3.46. The fraction of sp³-hybridized carbons (Fsp3) is 0.800. The number of aryl methyl sites for hydroxylation is 1. The summed E-state index contributed by atoms with van der Waals surface area (Å²) in [6.07, 6.45) is 4.19. The highest BCUT2D eigenvalue weighted by Gasteiger charge is 2.34. The summed E-state index contributed by atoms with van der Waals surface area (Å²) in [5.41, 5.74) is 1.03. The van der Waals surface area contributed by atoms with Crippen LogP contribution < -0.4 is 0 Å². The van der Waals surface area contributed by atoms with Crippen LogP contribution in [0.25, 0.3) is 0 Å². The molecule has 20 heavy (non-hydrogen) atoms. The fourth-order valence-corrected chi connectivity index (χ4v) is 3.46. The SMILES string of the molecule is CO[C@H]1C[C@@H](CN2CCCC2)N(Cc2cc(C)on2)C1. The molecule has 0 saturated carbocycles. The first-order valence-corrected chi connectivity index (χ1v) is 7.66. The van der Waals surface area contributed by atoms with E-state index < -0.39 is 0 Å². The van der Waals surface area contributed by atoms with Crippen molar-refractivity contribution in [2.45, 2.75) is 44.9 Å². The predicted molar refractivity (Wildman–Crippen MR) is 76.5 cm³/mol. The quantitative estimate of drug-likeness (QED) is 0.820. The van der Waals surface area contributed by atoms with Gasteiger partial charge in [0.2, 0.25) is 0 Å². The highest BCUT2D eigenvalue weighted by Crippen LogP contribution is 2.24. The number of nitrogens with zero attached hydrogens (tertiary/aromatic N) is 3. The molecule has 0 aromatic carbocycles. The molecular weight excluding hydrogens is 254 g/mol. The molecule has 3 heterocycles. The summed E-state index contributed by atoms with van der Waals surface area (Å²) in [6.45, 7) is 7.49. The van der Waals surface area contributed by atoms with Crippen LogP contribution in [0.15, 0.2) is 10.6 Å². The minimum absolute atomic E-state index is 0.357. The highest BCUT2D eigenvalue weighted by atomic mass is 16.5. The minimum Gasteiger partial charge on any atom is -0.380 e. The summed E-state index contributed by atoms with van der Waals surface area (Å²) in [5.74, 6) is 0.888. The lowest BCUT2D eigenvalue weighted by Gasteiger charge is -2.27. The number of aromatic nitrogens is 1. The van der Waals surface area contributed by atoms with Crippen molar-refractivity contribution in [3.05, 3.63) is 17.5 Å². The van der Waals surface area contributed by atoms with Crippen molar-refractivity contribution in [3.8, 4) is 0 Å². The number of hydrogen-bond donors (Lipinski definition) is 0. The van der Waals surface area contributed by atoms with Gasteiger partial charge in [-0.2, -0.15) is 0 Å². The molecule has 0 amide bonds. The summed E-state index contributed by atoms with van der Waals surface area (Å²) in [6, 6.07) is 2.61. The van der Waals surface area contributed by atoms with E-state index in [2.05, 4.69) is 15.0 Å². The third-order valence-corrected chi connectivity index (χ3v) is 4.53. The third kappa shape index (κ3) is 3.22. The van der Waals surface area contributed by atoms with Crippen molar-refractivity contribution >= 4 is 0 Å². The molecule has 5 nitrogen and oxygen atoms in total. The van der Waals surface area contributed by atoms with E-state index in [1.54, 1.807) is 0 Å². The van der Waals surface area contributed by atoms with Crippen molar-refractivity contribution in [1.29, 1.82) is 0 Å². The number of methoxy groups -OCH3 is 1. The molecule has 0 bridgehead atoms. The van der Waals surface area contributed by atoms with Crippen LogP contribution in [0.5, 0.6) is 0 Å². The van der Waals surface area contributed by atoms with Gasteiger partial charge in [-0.25, -0.2) is 0 Å². The summed E-state index contributed by atoms with van der Waals surface area (Å²) in [7, 11) is 1.82. The van der Waals surface area contributed by atoms with E-state index in [9.17, 15) is 0 Å². The number of ether oxygens (including phenoxy) is 1. The molecule has 2 aliphatic heterocycles. The lowest BCUT2D eigenvalue weighted by atomic mass is 10.2. The van der Waals surface area contributed by atoms with Gasteiger partial charge in [0.25, 0.3) is 0 Å². The van der Waals surface area contributed by atoms with Crippen LogP contribution >= 0.6 is 0 Å². The van der Waals surface area contributed by atoms with Gasteiger partial charge in [0.15, 0.2) is 0 Å². The van der Waals surface area contributed by atoms with E-state index in [4.69, 9.17) is 9.26 Å².